The van der Waals surface area contributed by atoms with E-state index in [0.717, 1.165) is 0 Å². The van der Waals surface area contributed by atoms with Crippen molar-refractivity contribution in [2.75, 3.05) is 0 Å². The van der Waals surface area contributed by atoms with Crippen LogP contribution < -0.4 is 5.32 Å². The molecule has 1 rings (SSSR count). The summed E-state index contributed by atoms with van der Waals surface area (Å²) in [4.78, 5) is 36.8. The van der Waals surface area contributed by atoms with Crippen LogP contribution in [0.1, 0.15) is 22.5 Å². The van der Waals surface area contributed by atoms with Gasteiger partial charge in [0.2, 0.25) is 0 Å². The Balaban J connectivity index is 2.78. The summed E-state index contributed by atoms with van der Waals surface area (Å²) >= 11 is 0. The number of nitrogens with zero attached hydrogens (tertiary/aromatic N) is 1. The minimum Gasteiger partial charge on any atom is -0.481 e. The van der Waals surface area contributed by atoms with Gasteiger partial charge in [0.25, 0.3) is 5.91 Å². The first-order chi connectivity index (χ1) is 8.40. The molecule has 0 spiro atoms. The van der Waals surface area contributed by atoms with Gasteiger partial charge in [0.15, 0.2) is 0 Å². The van der Waals surface area contributed by atoms with E-state index in [0.29, 0.717) is 5.69 Å². The molecule has 96 valence electrons. The van der Waals surface area contributed by atoms with Gasteiger partial charge in [0.05, 0.1) is 6.42 Å². The first-order valence-electron chi connectivity index (χ1n) is 5.08. The largest absolute Gasteiger partial charge is 0.481 e. The van der Waals surface area contributed by atoms with Gasteiger partial charge in [-0.2, -0.15) is 0 Å². The standard InChI is InChI=1S/C11H12N2O5/c1-6-4-7(2-3-12-6)10(16)13-8(11(17)18)5-9(14)15/h2-4,8H,5H2,1H3,(H,13,16)(H,14,15)(H,17,18)/t8-/m1/s1. The lowest BCUT2D eigenvalue weighted by Gasteiger charge is -2.12. The SMILES string of the molecule is Cc1cc(C(=O)N[C@H](CC(=O)O)C(=O)O)ccn1. The lowest BCUT2D eigenvalue weighted by Crippen LogP contribution is -2.42. The van der Waals surface area contributed by atoms with E-state index in [1.165, 1.54) is 18.3 Å². The quantitative estimate of drug-likeness (QED) is 0.681. The van der Waals surface area contributed by atoms with E-state index < -0.39 is 30.3 Å². The van der Waals surface area contributed by atoms with Crippen molar-refractivity contribution < 1.29 is 24.6 Å². The third kappa shape index (κ3) is 3.85. The van der Waals surface area contributed by atoms with Crippen molar-refractivity contribution in [2.45, 2.75) is 19.4 Å². The average Bonchev–Trinajstić information content (AvgIpc) is 2.27. The number of rotatable bonds is 5. The number of hydrogen-bond donors (Lipinski definition) is 3. The normalized spacial score (nSPS) is 11.6. The summed E-state index contributed by atoms with van der Waals surface area (Å²) in [5.41, 5.74) is 0.840. The maximum absolute atomic E-state index is 11.7. The maximum atomic E-state index is 11.7. The molecule has 0 aliphatic rings. The molecular weight excluding hydrogens is 240 g/mol. The highest BCUT2D eigenvalue weighted by Gasteiger charge is 2.23. The van der Waals surface area contributed by atoms with Crippen LogP contribution >= 0.6 is 0 Å². The molecule has 1 atom stereocenters. The minimum absolute atomic E-state index is 0.235. The van der Waals surface area contributed by atoms with Crippen LogP contribution in [0.25, 0.3) is 0 Å². The van der Waals surface area contributed by atoms with Crippen LogP contribution in [0.3, 0.4) is 0 Å². The Bertz CT molecular complexity index is 486. The van der Waals surface area contributed by atoms with E-state index in [1.807, 2.05) is 0 Å². The summed E-state index contributed by atoms with van der Waals surface area (Å²) in [5, 5.41) is 19.5. The Morgan fingerprint density at radius 3 is 2.56 bits per heavy atom. The molecule has 1 heterocycles. The number of carboxylic acids is 2. The second-order valence-corrected chi connectivity index (χ2v) is 3.65. The second-order valence-electron chi connectivity index (χ2n) is 3.65. The number of pyridine rings is 1. The zero-order chi connectivity index (χ0) is 13.7. The molecule has 0 radical (unpaired) electrons. The van der Waals surface area contributed by atoms with Gasteiger partial charge in [0, 0.05) is 17.5 Å². The summed E-state index contributed by atoms with van der Waals surface area (Å²) in [7, 11) is 0. The molecule has 0 saturated carbocycles. The summed E-state index contributed by atoms with van der Waals surface area (Å²) in [6, 6.07) is 1.44. The number of carboxylic acid groups (broad SMARTS) is 2. The number of hydrogen-bond acceptors (Lipinski definition) is 4. The number of carbonyl (C=O) groups is 3. The summed E-state index contributed by atoms with van der Waals surface area (Å²) in [5.74, 6) is -3.33. The van der Waals surface area contributed by atoms with Crippen molar-refractivity contribution in [1.82, 2.24) is 10.3 Å². The van der Waals surface area contributed by atoms with Gasteiger partial charge in [-0.3, -0.25) is 14.6 Å². The number of carbonyl (C=O) groups excluding carboxylic acids is 1. The molecule has 3 N–H and O–H groups in total. The first-order valence-corrected chi connectivity index (χ1v) is 5.08. The third-order valence-corrected chi connectivity index (χ3v) is 2.14. The molecule has 0 saturated heterocycles. The summed E-state index contributed by atoms with van der Waals surface area (Å²) < 4.78 is 0. The van der Waals surface area contributed by atoms with E-state index >= 15 is 0 Å². The zero-order valence-electron chi connectivity index (χ0n) is 9.58. The van der Waals surface area contributed by atoms with E-state index in [9.17, 15) is 14.4 Å². The van der Waals surface area contributed by atoms with E-state index in [4.69, 9.17) is 10.2 Å². The molecule has 7 nitrogen and oxygen atoms in total. The highest BCUT2D eigenvalue weighted by molar-refractivity contribution is 5.97. The lowest BCUT2D eigenvalue weighted by molar-refractivity contribution is -0.145. The van der Waals surface area contributed by atoms with Gasteiger partial charge in [-0.25, -0.2) is 4.79 Å². The van der Waals surface area contributed by atoms with Crippen molar-refractivity contribution in [2.24, 2.45) is 0 Å². The average molecular weight is 252 g/mol. The predicted octanol–water partition coefficient (Wildman–Crippen LogP) is 0.0477. The van der Waals surface area contributed by atoms with Gasteiger partial charge >= 0.3 is 11.9 Å². The van der Waals surface area contributed by atoms with Crippen LogP contribution in [-0.2, 0) is 9.59 Å². The van der Waals surface area contributed by atoms with Crippen molar-refractivity contribution in [1.29, 1.82) is 0 Å². The Hall–Kier alpha value is -2.44. The molecular formula is C11H12N2O5. The molecule has 0 aromatic carbocycles. The van der Waals surface area contributed by atoms with Gasteiger partial charge in [-0.05, 0) is 19.1 Å². The van der Waals surface area contributed by atoms with Crippen LogP contribution in [0, 0.1) is 6.92 Å². The van der Waals surface area contributed by atoms with Gasteiger partial charge in [-0.15, -0.1) is 0 Å². The third-order valence-electron chi connectivity index (χ3n) is 2.14. The summed E-state index contributed by atoms with van der Waals surface area (Å²) in [6.45, 7) is 1.68. The number of aromatic nitrogens is 1. The fourth-order valence-electron chi connectivity index (χ4n) is 1.30. The molecule has 0 bridgehead atoms. The van der Waals surface area contributed by atoms with E-state index in [1.54, 1.807) is 6.92 Å². The minimum atomic E-state index is -1.46. The van der Waals surface area contributed by atoms with E-state index in [2.05, 4.69) is 10.3 Å². The number of aliphatic carboxylic acids is 2. The highest BCUT2D eigenvalue weighted by Crippen LogP contribution is 2.02. The van der Waals surface area contributed by atoms with E-state index in [-0.39, 0.29) is 5.56 Å². The predicted molar refractivity (Wildman–Crippen MR) is 60.1 cm³/mol. The van der Waals surface area contributed by atoms with Gasteiger partial charge in [0.1, 0.15) is 6.04 Å². The smallest absolute Gasteiger partial charge is 0.326 e. The monoisotopic (exact) mass is 252 g/mol. The maximum Gasteiger partial charge on any atom is 0.326 e. The van der Waals surface area contributed by atoms with Crippen LogP contribution in [0.4, 0.5) is 0 Å². The van der Waals surface area contributed by atoms with Crippen LogP contribution in [0.2, 0.25) is 0 Å². The molecule has 1 aromatic rings. The fourth-order valence-corrected chi connectivity index (χ4v) is 1.30. The Morgan fingerprint density at radius 1 is 1.39 bits per heavy atom. The molecule has 0 unspecified atom stereocenters. The van der Waals surface area contributed by atoms with Crippen LogP contribution in [0.5, 0.6) is 0 Å². The van der Waals surface area contributed by atoms with Crippen LogP contribution in [0.15, 0.2) is 18.3 Å². The molecule has 1 amide bonds. The first kappa shape index (κ1) is 13.6. The summed E-state index contributed by atoms with van der Waals surface area (Å²) in [6.07, 6.45) is 0.738. The van der Waals surface area contributed by atoms with Crippen molar-refractivity contribution in [3.8, 4) is 0 Å². The second kappa shape index (κ2) is 5.76. The Morgan fingerprint density at radius 2 is 2.06 bits per heavy atom. The van der Waals surface area contributed by atoms with Crippen molar-refractivity contribution in [3.63, 3.8) is 0 Å². The molecule has 0 aliphatic carbocycles. The fraction of sp³-hybridized carbons (Fsp3) is 0.273. The molecule has 7 heteroatoms. The van der Waals surface area contributed by atoms with Gasteiger partial charge in [-0.1, -0.05) is 0 Å². The van der Waals surface area contributed by atoms with Crippen molar-refractivity contribution in [3.05, 3.63) is 29.6 Å². The molecule has 18 heavy (non-hydrogen) atoms. The lowest BCUT2D eigenvalue weighted by atomic mass is 10.1. The molecule has 0 aliphatic heterocycles. The van der Waals surface area contributed by atoms with Gasteiger partial charge < -0.3 is 15.5 Å². The topological polar surface area (TPSA) is 117 Å². The number of amides is 1. The highest BCUT2D eigenvalue weighted by atomic mass is 16.4. The number of nitrogens with one attached hydrogen (secondary N) is 1. The van der Waals surface area contributed by atoms with Crippen molar-refractivity contribution >= 4 is 17.8 Å². The zero-order valence-corrected chi connectivity index (χ0v) is 9.58. The Kier molecular flexibility index (Phi) is 4.36. The molecule has 0 fully saturated rings. The molecule has 1 aromatic heterocycles. The van der Waals surface area contributed by atoms with Crippen LogP contribution in [-0.4, -0.2) is 39.1 Å². The Labute approximate surface area is 102 Å². The number of aryl methyl sites for hydroxylation is 1.